The molecule has 16 heavy (non-hydrogen) atoms. The summed E-state index contributed by atoms with van der Waals surface area (Å²) in [6.07, 6.45) is 0. The number of nitrogens with one attached hydrogen (secondary N) is 1. The van der Waals surface area contributed by atoms with Crippen LogP contribution >= 0.6 is 0 Å². The minimum Gasteiger partial charge on any atom is -0.383 e. The molecule has 0 fully saturated rings. The van der Waals surface area contributed by atoms with Gasteiger partial charge in [-0.15, -0.1) is 0 Å². The van der Waals surface area contributed by atoms with E-state index in [0.717, 1.165) is 5.69 Å². The molecule has 1 N–H and O–H groups in total. The molecule has 1 aromatic rings. The monoisotopic (exact) mass is 226 g/mol. The highest BCUT2D eigenvalue weighted by Gasteiger charge is 2.25. The maximum absolute atomic E-state index is 10.2. The molecule has 86 valence electrons. The van der Waals surface area contributed by atoms with E-state index in [1.165, 1.54) is 0 Å². The van der Waals surface area contributed by atoms with Crippen molar-refractivity contribution in [3.8, 4) is 0 Å². The van der Waals surface area contributed by atoms with Gasteiger partial charge < -0.3 is 5.32 Å². The third-order valence-electron chi connectivity index (χ3n) is 1.79. The van der Waals surface area contributed by atoms with Crippen LogP contribution < -0.4 is 5.32 Å². The highest BCUT2D eigenvalue weighted by molar-refractivity contribution is 5.42. The van der Waals surface area contributed by atoms with E-state index in [-0.39, 0.29) is 18.2 Å². The summed E-state index contributed by atoms with van der Waals surface area (Å²) in [7, 11) is 0. The summed E-state index contributed by atoms with van der Waals surface area (Å²) in [5.41, 5.74) is 0.758. The van der Waals surface area contributed by atoms with E-state index in [1.807, 2.05) is 6.07 Å². The fourth-order valence-electron chi connectivity index (χ4n) is 1.08. The van der Waals surface area contributed by atoms with Crippen molar-refractivity contribution in [2.24, 2.45) is 0 Å². The van der Waals surface area contributed by atoms with E-state index in [9.17, 15) is 20.2 Å². The smallest absolute Gasteiger partial charge is 0.222 e. The molecule has 0 radical (unpaired) electrons. The standard InChI is InChI=1S/C8H10N4O4/c13-11(14)10(12(15)16)7-6-9-8-4-2-1-3-5-8/h1-5,9H,6-7H2. The minimum atomic E-state index is -1.05. The average molecular weight is 226 g/mol. The van der Waals surface area contributed by atoms with E-state index >= 15 is 0 Å². The molecule has 1 aromatic carbocycles. The van der Waals surface area contributed by atoms with Gasteiger partial charge in [-0.3, -0.25) is 0 Å². The van der Waals surface area contributed by atoms with Crippen LogP contribution in [0.4, 0.5) is 5.69 Å². The van der Waals surface area contributed by atoms with Crippen molar-refractivity contribution < 1.29 is 10.1 Å². The summed E-state index contributed by atoms with van der Waals surface area (Å²) in [4.78, 5) is 20.5. The van der Waals surface area contributed by atoms with Crippen molar-refractivity contribution in [3.05, 3.63) is 50.6 Å². The number of hydrogen-bond acceptors (Lipinski definition) is 5. The van der Waals surface area contributed by atoms with Gasteiger partial charge in [-0.1, -0.05) is 18.2 Å². The van der Waals surface area contributed by atoms with Gasteiger partial charge >= 0.3 is 0 Å². The fraction of sp³-hybridized carbons (Fsp3) is 0.250. The summed E-state index contributed by atoms with van der Waals surface area (Å²) < 4.78 is 0. The third-order valence-corrected chi connectivity index (χ3v) is 1.79. The molecule has 0 aromatic heterocycles. The quantitative estimate of drug-likeness (QED) is 0.568. The fourth-order valence-corrected chi connectivity index (χ4v) is 1.08. The topological polar surface area (TPSA) is 102 Å². The molecule has 0 saturated carbocycles. The van der Waals surface area contributed by atoms with Crippen LogP contribution in [0, 0.1) is 20.2 Å². The highest BCUT2D eigenvalue weighted by atomic mass is 16.8. The van der Waals surface area contributed by atoms with Gasteiger partial charge in [0.25, 0.3) is 0 Å². The summed E-state index contributed by atoms with van der Waals surface area (Å²) in [6.45, 7) is -0.194. The maximum Gasteiger partial charge on any atom is 0.222 e. The molecule has 1 rings (SSSR count). The average Bonchev–Trinajstić information content (AvgIpc) is 2.24. The Kier molecular flexibility index (Phi) is 4.01. The molecular weight excluding hydrogens is 216 g/mol. The van der Waals surface area contributed by atoms with Crippen LogP contribution in [0.3, 0.4) is 0 Å². The van der Waals surface area contributed by atoms with Crippen molar-refractivity contribution in [1.29, 1.82) is 0 Å². The van der Waals surface area contributed by atoms with E-state index in [4.69, 9.17) is 0 Å². The highest BCUT2D eigenvalue weighted by Crippen LogP contribution is 2.04. The zero-order chi connectivity index (χ0) is 12.0. The summed E-state index contributed by atoms with van der Waals surface area (Å²) in [5.74, 6) is 0. The first-order valence-corrected chi connectivity index (χ1v) is 4.46. The van der Waals surface area contributed by atoms with Gasteiger partial charge in [0.15, 0.2) is 11.7 Å². The Hall–Kier alpha value is -2.38. The lowest BCUT2D eigenvalue weighted by Gasteiger charge is -2.06. The lowest BCUT2D eigenvalue weighted by atomic mass is 10.3. The van der Waals surface area contributed by atoms with Crippen LogP contribution in [0.5, 0.6) is 0 Å². The Morgan fingerprint density at radius 2 is 1.69 bits per heavy atom. The van der Waals surface area contributed by atoms with Gasteiger partial charge in [-0.25, -0.2) is 20.2 Å². The Balaban J connectivity index is 2.40. The van der Waals surface area contributed by atoms with Crippen LogP contribution in [0.15, 0.2) is 30.3 Å². The Morgan fingerprint density at radius 3 is 2.19 bits per heavy atom. The van der Waals surface area contributed by atoms with E-state index in [2.05, 4.69) is 5.32 Å². The van der Waals surface area contributed by atoms with Gasteiger partial charge in [-0.05, 0) is 12.1 Å². The summed E-state index contributed by atoms with van der Waals surface area (Å²) >= 11 is 0. The van der Waals surface area contributed by atoms with Gasteiger partial charge in [0.2, 0.25) is 10.1 Å². The molecule has 0 aliphatic carbocycles. The number of hydrazine groups is 2. The van der Waals surface area contributed by atoms with E-state index in [0.29, 0.717) is 0 Å². The Morgan fingerprint density at radius 1 is 1.12 bits per heavy atom. The number of nitro groups is 2. The Bertz CT molecular complexity index is 356. The van der Waals surface area contributed by atoms with Crippen molar-refractivity contribution in [2.45, 2.75) is 0 Å². The molecule has 0 spiro atoms. The van der Waals surface area contributed by atoms with Crippen molar-refractivity contribution in [2.75, 3.05) is 18.4 Å². The van der Waals surface area contributed by atoms with Gasteiger partial charge in [0, 0.05) is 12.2 Å². The SMILES string of the molecule is O=[N+]([O-])N(CCNc1ccccc1)[N+](=O)[O-]. The van der Waals surface area contributed by atoms with Gasteiger partial charge in [0.1, 0.15) is 0 Å². The number of nitrogens with zero attached hydrogens (tertiary/aromatic N) is 3. The molecule has 0 heterocycles. The van der Waals surface area contributed by atoms with Crippen LogP contribution in [0.2, 0.25) is 0 Å². The van der Waals surface area contributed by atoms with Crippen LogP contribution in [0.25, 0.3) is 0 Å². The van der Waals surface area contributed by atoms with Crippen LogP contribution in [-0.4, -0.2) is 28.3 Å². The maximum atomic E-state index is 10.2. The van der Waals surface area contributed by atoms with Gasteiger partial charge in [0.05, 0.1) is 0 Å². The number of benzene rings is 1. The second-order valence-corrected chi connectivity index (χ2v) is 2.86. The van der Waals surface area contributed by atoms with Gasteiger partial charge in [-0.2, -0.15) is 0 Å². The van der Waals surface area contributed by atoms with Crippen molar-refractivity contribution in [3.63, 3.8) is 0 Å². The molecular formula is C8H10N4O4. The van der Waals surface area contributed by atoms with E-state index < -0.39 is 10.1 Å². The second-order valence-electron chi connectivity index (χ2n) is 2.86. The molecule has 0 saturated heterocycles. The second kappa shape index (κ2) is 5.49. The largest absolute Gasteiger partial charge is 0.383 e. The number of rotatable bonds is 6. The van der Waals surface area contributed by atoms with Crippen LogP contribution in [-0.2, 0) is 0 Å². The lowest BCUT2D eigenvalue weighted by molar-refractivity contribution is -0.906. The first-order chi connectivity index (χ1) is 7.61. The first-order valence-electron chi connectivity index (χ1n) is 4.46. The molecule has 0 amide bonds. The normalized spacial score (nSPS) is 9.50. The molecule has 0 aliphatic rings. The molecule has 8 heteroatoms. The zero-order valence-corrected chi connectivity index (χ0v) is 8.28. The minimum absolute atomic E-state index is 0.0596. The predicted octanol–water partition coefficient (Wildman–Crippen LogP) is 0.784. The summed E-state index contributed by atoms with van der Waals surface area (Å²) in [5, 5.41) is 21.2. The molecule has 0 bridgehead atoms. The molecule has 0 atom stereocenters. The Labute approximate surface area is 90.7 Å². The number of para-hydroxylation sites is 1. The first kappa shape index (κ1) is 11.7. The predicted molar refractivity (Wildman–Crippen MR) is 55.6 cm³/mol. The van der Waals surface area contributed by atoms with Crippen molar-refractivity contribution in [1.82, 2.24) is 5.12 Å². The van der Waals surface area contributed by atoms with Crippen LogP contribution in [0.1, 0.15) is 0 Å². The number of anilines is 1. The van der Waals surface area contributed by atoms with E-state index in [1.54, 1.807) is 24.3 Å². The third kappa shape index (κ3) is 3.40. The zero-order valence-electron chi connectivity index (χ0n) is 8.28. The molecule has 0 unspecified atom stereocenters. The number of hydrogen-bond donors (Lipinski definition) is 1. The molecule has 0 aliphatic heterocycles. The van der Waals surface area contributed by atoms with Crippen molar-refractivity contribution >= 4 is 5.69 Å². The lowest BCUT2D eigenvalue weighted by Crippen LogP contribution is -2.38. The molecule has 8 nitrogen and oxygen atoms in total. The summed E-state index contributed by atoms with van der Waals surface area (Å²) in [6, 6.07) is 8.94.